The minimum absolute atomic E-state index is 0.0896. The SMILES string of the molecule is O=C(Cc1cc(=O)oc2ccccc12)c1cccc(Cl)c1. The van der Waals surface area contributed by atoms with Crippen molar-refractivity contribution in [2.45, 2.75) is 6.42 Å². The van der Waals surface area contributed by atoms with Crippen LogP contribution < -0.4 is 5.63 Å². The monoisotopic (exact) mass is 298 g/mol. The molecule has 0 unspecified atom stereocenters. The Labute approximate surface area is 125 Å². The van der Waals surface area contributed by atoms with Crippen molar-refractivity contribution in [1.29, 1.82) is 0 Å². The predicted molar refractivity (Wildman–Crippen MR) is 82.0 cm³/mol. The van der Waals surface area contributed by atoms with Gasteiger partial charge in [-0.05, 0) is 23.8 Å². The highest BCUT2D eigenvalue weighted by molar-refractivity contribution is 6.31. The third-order valence-corrected chi connectivity index (χ3v) is 3.47. The lowest BCUT2D eigenvalue weighted by Crippen LogP contribution is -2.07. The maximum Gasteiger partial charge on any atom is 0.336 e. The van der Waals surface area contributed by atoms with E-state index in [1.807, 2.05) is 12.1 Å². The van der Waals surface area contributed by atoms with Crippen LogP contribution in [0.3, 0.4) is 0 Å². The minimum Gasteiger partial charge on any atom is -0.423 e. The Morgan fingerprint density at radius 1 is 1.05 bits per heavy atom. The number of fused-ring (bicyclic) bond motifs is 1. The fourth-order valence-electron chi connectivity index (χ4n) is 2.26. The maximum atomic E-state index is 12.3. The van der Waals surface area contributed by atoms with Gasteiger partial charge in [-0.2, -0.15) is 0 Å². The molecule has 0 atom stereocenters. The van der Waals surface area contributed by atoms with Gasteiger partial charge in [-0.15, -0.1) is 0 Å². The van der Waals surface area contributed by atoms with Crippen molar-refractivity contribution in [2.24, 2.45) is 0 Å². The van der Waals surface area contributed by atoms with E-state index in [0.29, 0.717) is 21.7 Å². The number of rotatable bonds is 3. The van der Waals surface area contributed by atoms with Crippen molar-refractivity contribution in [3.8, 4) is 0 Å². The molecule has 3 nitrogen and oxygen atoms in total. The van der Waals surface area contributed by atoms with Crippen LogP contribution in [0.2, 0.25) is 5.02 Å². The Morgan fingerprint density at radius 3 is 2.67 bits per heavy atom. The Kier molecular flexibility index (Phi) is 3.59. The summed E-state index contributed by atoms with van der Waals surface area (Å²) in [6.45, 7) is 0. The summed E-state index contributed by atoms with van der Waals surface area (Å²) in [6.07, 6.45) is 0.131. The predicted octanol–water partition coefficient (Wildman–Crippen LogP) is 3.87. The van der Waals surface area contributed by atoms with Gasteiger partial charge >= 0.3 is 5.63 Å². The van der Waals surface area contributed by atoms with E-state index in [9.17, 15) is 9.59 Å². The highest BCUT2D eigenvalue weighted by Gasteiger charge is 2.12. The molecular weight excluding hydrogens is 288 g/mol. The maximum absolute atomic E-state index is 12.3. The third kappa shape index (κ3) is 2.88. The molecule has 0 spiro atoms. The van der Waals surface area contributed by atoms with E-state index in [-0.39, 0.29) is 12.2 Å². The second-order valence-electron chi connectivity index (χ2n) is 4.70. The topological polar surface area (TPSA) is 47.3 Å². The average molecular weight is 299 g/mol. The number of hydrogen-bond acceptors (Lipinski definition) is 3. The van der Waals surface area contributed by atoms with Crippen LogP contribution in [0, 0.1) is 0 Å². The van der Waals surface area contributed by atoms with Crippen molar-refractivity contribution in [2.75, 3.05) is 0 Å². The van der Waals surface area contributed by atoms with E-state index in [4.69, 9.17) is 16.0 Å². The molecule has 0 bridgehead atoms. The highest BCUT2D eigenvalue weighted by Crippen LogP contribution is 2.19. The normalized spacial score (nSPS) is 10.7. The molecule has 2 aromatic carbocycles. The van der Waals surface area contributed by atoms with Gasteiger partial charge in [-0.25, -0.2) is 4.79 Å². The molecule has 0 saturated heterocycles. The van der Waals surface area contributed by atoms with E-state index in [0.717, 1.165) is 5.39 Å². The van der Waals surface area contributed by atoms with Crippen LogP contribution in [0.15, 0.2) is 63.8 Å². The molecule has 3 rings (SSSR count). The number of carbonyl (C=O) groups excluding carboxylic acids is 1. The molecule has 0 amide bonds. The summed E-state index contributed by atoms with van der Waals surface area (Å²) in [5.41, 5.74) is 1.22. The Morgan fingerprint density at radius 2 is 1.86 bits per heavy atom. The van der Waals surface area contributed by atoms with Crippen LogP contribution in [0.1, 0.15) is 15.9 Å². The number of hydrogen-bond donors (Lipinski definition) is 0. The molecule has 104 valence electrons. The first kappa shape index (κ1) is 13.6. The van der Waals surface area contributed by atoms with Crippen LogP contribution >= 0.6 is 11.6 Å². The molecule has 0 saturated carbocycles. The molecule has 21 heavy (non-hydrogen) atoms. The van der Waals surface area contributed by atoms with Gasteiger partial charge in [-0.1, -0.05) is 41.9 Å². The van der Waals surface area contributed by atoms with Crippen molar-refractivity contribution in [3.05, 3.63) is 81.2 Å². The molecule has 4 heteroatoms. The van der Waals surface area contributed by atoms with Crippen LogP contribution in [-0.2, 0) is 6.42 Å². The third-order valence-electron chi connectivity index (χ3n) is 3.23. The van der Waals surface area contributed by atoms with Gasteiger partial charge in [0, 0.05) is 28.5 Å². The second kappa shape index (κ2) is 5.54. The molecule has 3 aromatic rings. The van der Waals surface area contributed by atoms with Gasteiger partial charge < -0.3 is 4.42 Å². The molecule has 0 aliphatic carbocycles. The fourth-order valence-corrected chi connectivity index (χ4v) is 2.45. The summed E-state index contributed by atoms with van der Waals surface area (Å²) in [7, 11) is 0. The van der Waals surface area contributed by atoms with E-state index >= 15 is 0 Å². The summed E-state index contributed by atoms with van der Waals surface area (Å²) in [4.78, 5) is 23.9. The lowest BCUT2D eigenvalue weighted by Gasteiger charge is -2.05. The Balaban J connectivity index is 2.02. The van der Waals surface area contributed by atoms with Crippen LogP contribution in [0.4, 0.5) is 0 Å². The Bertz CT molecular complexity index is 880. The number of ketones is 1. The molecule has 0 N–H and O–H groups in total. The zero-order valence-electron chi connectivity index (χ0n) is 11.0. The van der Waals surface area contributed by atoms with Crippen LogP contribution in [0.25, 0.3) is 11.0 Å². The summed E-state index contributed by atoms with van der Waals surface area (Å²) < 4.78 is 5.12. The molecule has 1 aromatic heterocycles. The molecule has 0 radical (unpaired) electrons. The average Bonchev–Trinajstić information content (AvgIpc) is 2.47. The molecule has 0 aliphatic heterocycles. The fraction of sp³-hybridized carbons (Fsp3) is 0.0588. The van der Waals surface area contributed by atoms with Gasteiger partial charge in [0.2, 0.25) is 0 Å². The number of para-hydroxylation sites is 1. The number of halogens is 1. The zero-order valence-corrected chi connectivity index (χ0v) is 11.8. The number of carbonyl (C=O) groups is 1. The quantitative estimate of drug-likeness (QED) is 0.545. The first-order valence-electron chi connectivity index (χ1n) is 6.44. The lowest BCUT2D eigenvalue weighted by molar-refractivity contribution is 0.0993. The standard InChI is InChI=1S/C17H11ClO3/c18-13-5-3-4-11(8-13)15(19)9-12-10-17(20)21-16-7-2-1-6-14(12)16/h1-8,10H,9H2. The van der Waals surface area contributed by atoms with Crippen molar-refractivity contribution in [3.63, 3.8) is 0 Å². The van der Waals surface area contributed by atoms with Gasteiger partial charge in [0.05, 0.1) is 0 Å². The van der Waals surface area contributed by atoms with E-state index in [1.165, 1.54) is 6.07 Å². The lowest BCUT2D eigenvalue weighted by atomic mass is 10.0. The molecular formula is C17H11ClO3. The first-order chi connectivity index (χ1) is 10.1. The summed E-state index contributed by atoms with van der Waals surface area (Å²) in [5, 5.41) is 1.28. The Hall–Kier alpha value is -2.39. The van der Waals surface area contributed by atoms with Crippen molar-refractivity contribution in [1.82, 2.24) is 0 Å². The molecule has 0 fully saturated rings. The molecule has 1 heterocycles. The first-order valence-corrected chi connectivity index (χ1v) is 6.82. The van der Waals surface area contributed by atoms with Crippen molar-refractivity contribution >= 4 is 28.4 Å². The summed E-state index contributed by atoms with van der Waals surface area (Å²) in [6, 6.07) is 15.3. The summed E-state index contributed by atoms with van der Waals surface area (Å²) in [5.74, 6) is -0.0896. The van der Waals surface area contributed by atoms with E-state index < -0.39 is 5.63 Å². The second-order valence-corrected chi connectivity index (χ2v) is 5.13. The van der Waals surface area contributed by atoms with Crippen LogP contribution in [-0.4, -0.2) is 5.78 Å². The molecule has 0 aliphatic rings. The van der Waals surface area contributed by atoms with Gasteiger partial charge in [-0.3, -0.25) is 4.79 Å². The van der Waals surface area contributed by atoms with E-state index in [2.05, 4.69) is 0 Å². The largest absolute Gasteiger partial charge is 0.423 e. The highest BCUT2D eigenvalue weighted by atomic mass is 35.5. The summed E-state index contributed by atoms with van der Waals surface area (Å²) >= 11 is 5.89. The smallest absolute Gasteiger partial charge is 0.336 e. The van der Waals surface area contributed by atoms with Crippen LogP contribution in [0.5, 0.6) is 0 Å². The van der Waals surface area contributed by atoms with E-state index in [1.54, 1.807) is 36.4 Å². The van der Waals surface area contributed by atoms with Gasteiger partial charge in [0.25, 0.3) is 0 Å². The zero-order chi connectivity index (χ0) is 14.8. The minimum atomic E-state index is -0.456. The van der Waals surface area contributed by atoms with Gasteiger partial charge in [0.1, 0.15) is 5.58 Å². The van der Waals surface area contributed by atoms with Crippen molar-refractivity contribution < 1.29 is 9.21 Å². The number of Topliss-reactive ketones (excluding diaryl/α,β-unsaturated/α-hetero) is 1. The van der Waals surface area contributed by atoms with Gasteiger partial charge in [0.15, 0.2) is 5.78 Å². The number of benzene rings is 2.